The molecule has 2 radical (unpaired) electrons. The Kier molecular flexibility index (Phi) is 8.28. The SMILES string of the molecule is [B]C(c1ccc(Cl)cc1)(c1c(C=O)nc(-c2cc(C=C)cnc2OC)n1C(C)C)N(C)c1cc(Cl)cn(C)c1=O. The van der Waals surface area contributed by atoms with Crippen LogP contribution in [0, 0.1) is 0 Å². The van der Waals surface area contributed by atoms with Crippen molar-refractivity contribution >= 4 is 49.1 Å². The molecule has 0 fully saturated rings. The molecule has 0 aliphatic rings. The van der Waals surface area contributed by atoms with Gasteiger partial charge >= 0.3 is 0 Å². The maximum atomic E-state index is 13.3. The lowest BCUT2D eigenvalue weighted by Crippen LogP contribution is -2.50. The molecule has 40 heavy (non-hydrogen) atoms. The van der Waals surface area contributed by atoms with Crippen LogP contribution >= 0.6 is 23.2 Å². The fraction of sp³-hybridized carbons (Fsp3) is 0.241. The van der Waals surface area contributed by atoms with Gasteiger partial charge in [0, 0.05) is 37.6 Å². The highest BCUT2D eigenvalue weighted by Gasteiger charge is 2.41. The number of nitrogens with zero attached hydrogens (tertiary/aromatic N) is 5. The lowest BCUT2D eigenvalue weighted by molar-refractivity contribution is 0.111. The van der Waals surface area contributed by atoms with Crippen LogP contribution in [0.1, 0.15) is 47.2 Å². The third kappa shape index (κ3) is 4.95. The van der Waals surface area contributed by atoms with Gasteiger partial charge in [0.25, 0.3) is 5.56 Å². The summed E-state index contributed by atoms with van der Waals surface area (Å²) >= 11 is 12.6. The van der Waals surface area contributed by atoms with E-state index in [0.717, 1.165) is 5.56 Å². The van der Waals surface area contributed by atoms with E-state index in [-0.39, 0.29) is 23.0 Å². The molecule has 0 spiro atoms. The molecule has 0 aliphatic heterocycles. The van der Waals surface area contributed by atoms with Gasteiger partial charge in [0.1, 0.15) is 25.1 Å². The molecule has 3 heterocycles. The van der Waals surface area contributed by atoms with Gasteiger partial charge in [0.05, 0.1) is 28.8 Å². The molecule has 0 N–H and O–H groups in total. The molecule has 0 aliphatic carbocycles. The van der Waals surface area contributed by atoms with Gasteiger partial charge in [-0.05, 0) is 49.2 Å². The molecule has 8 nitrogen and oxygen atoms in total. The molecular formula is C29H28BCl2N5O3. The number of aryl methyl sites for hydroxylation is 1. The van der Waals surface area contributed by atoms with E-state index in [9.17, 15) is 9.59 Å². The highest BCUT2D eigenvalue weighted by Crippen LogP contribution is 2.41. The number of benzene rings is 1. The van der Waals surface area contributed by atoms with Crippen molar-refractivity contribution in [2.24, 2.45) is 7.05 Å². The number of rotatable bonds is 9. The van der Waals surface area contributed by atoms with Crippen LogP contribution in [-0.4, -0.2) is 47.4 Å². The maximum absolute atomic E-state index is 13.3. The van der Waals surface area contributed by atoms with Crippen LogP contribution in [0.25, 0.3) is 17.5 Å². The minimum absolute atomic E-state index is 0.0814. The zero-order chi connectivity index (χ0) is 29.4. The minimum atomic E-state index is -1.59. The number of halogens is 2. The van der Waals surface area contributed by atoms with Crippen LogP contribution in [0.2, 0.25) is 10.0 Å². The number of hydrogen-bond acceptors (Lipinski definition) is 6. The molecule has 1 atom stereocenters. The van der Waals surface area contributed by atoms with E-state index in [2.05, 4.69) is 11.6 Å². The second kappa shape index (κ2) is 11.4. The molecule has 4 aromatic rings. The van der Waals surface area contributed by atoms with E-state index in [4.69, 9.17) is 40.8 Å². The first-order chi connectivity index (χ1) is 19.0. The van der Waals surface area contributed by atoms with E-state index in [1.165, 1.54) is 17.9 Å². The Morgan fingerprint density at radius 1 is 1.18 bits per heavy atom. The monoisotopic (exact) mass is 575 g/mol. The Labute approximate surface area is 244 Å². The first-order valence-electron chi connectivity index (χ1n) is 12.4. The Balaban J connectivity index is 2.15. The number of pyridine rings is 2. The van der Waals surface area contributed by atoms with Crippen molar-refractivity contribution in [1.82, 2.24) is 19.1 Å². The molecule has 3 aromatic heterocycles. The van der Waals surface area contributed by atoms with Crippen molar-refractivity contribution in [1.29, 1.82) is 0 Å². The van der Waals surface area contributed by atoms with Crippen LogP contribution in [-0.2, 0) is 12.5 Å². The predicted molar refractivity (Wildman–Crippen MR) is 161 cm³/mol. The van der Waals surface area contributed by atoms with Crippen molar-refractivity contribution in [3.05, 3.63) is 98.3 Å². The summed E-state index contributed by atoms with van der Waals surface area (Å²) in [5.74, 6) is 0.726. The zero-order valence-corrected chi connectivity index (χ0v) is 24.4. The van der Waals surface area contributed by atoms with Crippen molar-refractivity contribution in [3.63, 3.8) is 0 Å². The Morgan fingerprint density at radius 3 is 2.42 bits per heavy atom. The second-order valence-electron chi connectivity index (χ2n) is 9.57. The summed E-state index contributed by atoms with van der Waals surface area (Å²) in [6, 6.07) is 10.0. The van der Waals surface area contributed by atoms with Gasteiger partial charge < -0.3 is 18.8 Å². The first kappa shape index (κ1) is 29.2. The molecule has 1 aromatic carbocycles. The summed E-state index contributed by atoms with van der Waals surface area (Å²) in [5, 5.41) is 0.839. The normalized spacial score (nSPS) is 12.7. The van der Waals surface area contributed by atoms with Gasteiger partial charge in [-0.1, -0.05) is 48.0 Å². The molecule has 11 heteroatoms. The number of methoxy groups -OCH3 is 1. The molecule has 4 rings (SSSR count). The average molecular weight is 576 g/mol. The predicted octanol–water partition coefficient (Wildman–Crippen LogP) is 5.50. The highest BCUT2D eigenvalue weighted by molar-refractivity contribution is 6.31. The summed E-state index contributed by atoms with van der Waals surface area (Å²) in [4.78, 5) is 36.8. The molecule has 1 unspecified atom stereocenters. The van der Waals surface area contributed by atoms with Crippen LogP contribution in [0.4, 0.5) is 5.69 Å². The van der Waals surface area contributed by atoms with Gasteiger partial charge in [-0.15, -0.1) is 0 Å². The maximum Gasteiger partial charge on any atom is 0.273 e. The van der Waals surface area contributed by atoms with E-state index in [1.807, 2.05) is 24.5 Å². The fourth-order valence-corrected chi connectivity index (χ4v) is 5.16. The summed E-state index contributed by atoms with van der Waals surface area (Å²) < 4.78 is 8.79. The van der Waals surface area contributed by atoms with Crippen LogP contribution < -0.4 is 15.2 Å². The molecule has 0 amide bonds. The highest BCUT2D eigenvalue weighted by atomic mass is 35.5. The minimum Gasteiger partial charge on any atom is -0.480 e. The summed E-state index contributed by atoms with van der Waals surface area (Å²) in [5.41, 5.74) is 0.566. The van der Waals surface area contributed by atoms with Gasteiger partial charge in [0.15, 0.2) is 6.29 Å². The number of carbonyl (C=O) groups is 1. The smallest absolute Gasteiger partial charge is 0.273 e. The number of hydrogen-bond donors (Lipinski definition) is 0. The molecule has 0 saturated carbocycles. The lowest BCUT2D eigenvalue weighted by Gasteiger charge is -2.43. The third-order valence-corrected chi connectivity index (χ3v) is 7.23. The van der Waals surface area contributed by atoms with Crippen molar-refractivity contribution in [2.75, 3.05) is 19.1 Å². The van der Waals surface area contributed by atoms with Crippen molar-refractivity contribution < 1.29 is 9.53 Å². The second-order valence-corrected chi connectivity index (χ2v) is 10.4. The number of anilines is 1. The lowest BCUT2D eigenvalue weighted by atomic mass is 9.67. The first-order valence-corrected chi connectivity index (χ1v) is 13.1. The fourth-order valence-electron chi connectivity index (χ4n) is 4.78. The Morgan fingerprint density at radius 2 is 1.85 bits per heavy atom. The van der Waals surface area contributed by atoms with Crippen LogP contribution in [0.5, 0.6) is 5.88 Å². The number of ether oxygens (including phenoxy) is 1. The largest absolute Gasteiger partial charge is 0.480 e. The zero-order valence-electron chi connectivity index (χ0n) is 22.9. The standard InChI is InChI=1S/C29H28BCl2N5O3/c1-7-18-12-22(27(40-6)33-14-18)26-34-23(16-38)25(37(26)17(2)3)29(30,19-8-10-20(31)11-9-19)36(5)24-13-21(32)15-35(4)28(24)39/h7-17H,1H2,2-6H3. The molecular weight excluding hydrogens is 548 g/mol. The van der Waals surface area contributed by atoms with Gasteiger partial charge in [-0.2, -0.15) is 0 Å². The summed E-state index contributed by atoms with van der Waals surface area (Å²) in [6.45, 7) is 7.73. The van der Waals surface area contributed by atoms with Crippen molar-refractivity contribution in [3.8, 4) is 17.3 Å². The molecule has 0 bridgehead atoms. The van der Waals surface area contributed by atoms with Gasteiger partial charge in [-0.25, -0.2) is 9.97 Å². The topological polar surface area (TPSA) is 82.2 Å². The Bertz CT molecular complexity index is 1650. The number of aldehydes is 1. The van der Waals surface area contributed by atoms with Crippen LogP contribution in [0.15, 0.2) is 60.2 Å². The van der Waals surface area contributed by atoms with Crippen molar-refractivity contribution in [2.45, 2.75) is 25.3 Å². The molecule has 204 valence electrons. The quantitative estimate of drug-likeness (QED) is 0.193. The number of carbonyl (C=O) groups excluding carboxylic acids is 1. The van der Waals surface area contributed by atoms with Gasteiger partial charge in [0.2, 0.25) is 5.88 Å². The van der Waals surface area contributed by atoms with E-state index in [1.54, 1.807) is 61.6 Å². The van der Waals surface area contributed by atoms with Gasteiger partial charge in [-0.3, -0.25) is 9.59 Å². The van der Waals surface area contributed by atoms with Crippen LogP contribution in [0.3, 0.4) is 0 Å². The Hall–Kier alpha value is -3.82. The van der Waals surface area contributed by atoms with E-state index >= 15 is 0 Å². The molecule has 0 saturated heterocycles. The third-order valence-electron chi connectivity index (χ3n) is 6.78. The number of aromatic nitrogens is 4. The summed E-state index contributed by atoms with van der Waals surface area (Å²) in [7, 11) is 12.2. The number of imidazole rings is 1. The summed E-state index contributed by atoms with van der Waals surface area (Å²) in [6.07, 6.45) is 5.45. The average Bonchev–Trinajstić information content (AvgIpc) is 3.34. The van der Waals surface area contributed by atoms with E-state index < -0.39 is 5.44 Å². The van der Waals surface area contributed by atoms with E-state index in [0.29, 0.717) is 44.9 Å².